The van der Waals surface area contributed by atoms with E-state index in [0.29, 0.717) is 31.9 Å². The molecular formula is C16H18N4O2. The van der Waals surface area contributed by atoms with Gasteiger partial charge in [0, 0.05) is 25.0 Å². The summed E-state index contributed by atoms with van der Waals surface area (Å²) in [6.07, 6.45) is 3.14. The van der Waals surface area contributed by atoms with Crippen LogP contribution in [-0.2, 0) is 17.8 Å². The Hall–Kier alpha value is -2.76. The molecule has 3 N–H and O–H groups in total. The number of aromatic nitrogens is 1. The largest absolute Gasteiger partial charge is 0.448 e. The van der Waals surface area contributed by atoms with Gasteiger partial charge in [-0.3, -0.25) is 4.98 Å². The lowest BCUT2D eigenvalue weighted by atomic mass is 10.2. The lowest BCUT2D eigenvalue weighted by Crippen LogP contribution is -2.23. The number of nitrogens with one attached hydrogen (secondary N) is 1. The molecule has 1 aliphatic heterocycles. The van der Waals surface area contributed by atoms with Crippen molar-refractivity contribution in [3.63, 3.8) is 0 Å². The van der Waals surface area contributed by atoms with Crippen molar-refractivity contribution in [2.45, 2.75) is 13.1 Å². The highest BCUT2D eigenvalue weighted by atomic mass is 16.6. The van der Waals surface area contributed by atoms with Crippen LogP contribution in [0, 0.1) is 0 Å². The van der Waals surface area contributed by atoms with Crippen LogP contribution in [0.15, 0.2) is 42.7 Å². The number of amides is 1. The molecule has 1 aromatic carbocycles. The molecule has 6 heteroatoms. The molecule has 1 aliphatic rings. The van der Waals surface area contributed by atoms with E-state index in [2.05, 4.69) is 10.3 Å². The lowest BCUT2D eigenvalue weighted by Gasteiger charge is -2.13. The zero-order chi connectivity index (χ0) is 15.4. The van der Waals surface area contributed by atoms with Gasteiger partial charge in [0.1, 0.15) is 6.61 Å². The average Bonchev–Trinajstić information content (AvgIpc) is 2.93. The second-order valence-corrected chi connectivity index (χ2v) is 5.16. The topological polar surface area (TPSA) is 80.5 Å². The number of carbonyl (C=O) groups excluding carboxylic acids is 1. The van der Waals surface area contributed by atoms with E-state index in [1.165, 1.54) is 0 Å². The van der Waals surface area contributed by atoms with Crippen LogP contribution in [0.5, 0.6) is 0 Å². The van der Waals surface area contributed by atoms with Gasteiger partial charge in [-0.05, 0) is 29.3 Å². The summed E-state index contributed by atoms with van der Waals surface area (Å²) in [7, 11) is 0. The molecule has 114 valence electrons. The molecule has 6 nitrogen and oxygen atoms in total. The van der Waals surface area contributed by atoms with Crippen LogP contribution in [0.3, 0.4) is 0 Å². The molecule has 1 saturated heterocycles. The summed E-state index contributed by atoms with van der Waals surface area (Å²) in [5.41, 5.74) is 9.63. The molecule has 1 aromatic heterocycles. The number of ether oxygens (including phenoxy) is 1. The van der Waals surface area contributed by atoms with Crippen LogP contribution in [-0.4, -0.2) is 29.1 Å². The zero-order valence-corrected chi connectivity index (χ0v) is 12.2. The Morgan fingerprint density at radius 1 is 1.27 bits per heavy atom. The number of pyridine rings is 1. The van der Waals surface area contributed by atoms with Crippen molar-refractivity contribution < 1.29 is 9.53 Å². The maximum atomic E-state index is 11.4. The minimum absolute atomic E-state index is 0.240. The maximum Gasteiger partial charge on any atom is 0.410 e. The molecule has 0 atom stereocenters. The monoisotopic (exact) mass is 298 g/mol. The van der Waals surface area contributed by atoms with Crippen LogP contribution in [0.4, 0.5) is 16.2 Å². The van der Waals surface area contributed by atoms with Gasteiger partial charge in [0.2, 0.25) is 0 Å². The van der Waals surface area contributed by atoms with Gasteiger partial charge in [-0.1, -0.05) is 12.1 Å². The van der Waals surface area contributed by atoms with Crippen molar-refractivity contribution in [3.05, 3.63) is 53.9 Å². The first-order valence-corrected chi connectivity index (χ1v) is 7.15. The summed E-state index contributed by atoms with van der Waals surface area (Å²) < 4.78 is 4.92. The van der Waals surface area contributed by atoms with Gasteiger partial charge >= 0.3 is 6.09 Å². The number of rotatable bonds is 5. The first kappa shape index (κ1) is 14.2. The van der Waals surface area contributed by atoms with E-state index >= 15 is 0 Å². The first-order valence-electron chi connectivity index (χ1n) is 7.15. The number of benzene rings is 1. The molecule has 0 spiro atoms. The van der Waals surface area contributed by atoms with Gasteiger partial charge in [-0.2, -0.15) is 0 Å². The third kappa shape index (κ3) is 3.28. The molecule has 2 aromatic rings. The Kier molecular flexibility index (Phi) is 4.09. The summed E-state index contributed by atoms with van der Waals surface area (Å²) >= 11 is 0. The standard InChI is InChI=1S/C16H18N4O2/c17-15-10-18-6-5-13(15)9-19-14-3-1-12(2-4-14)11-20-7-8-22-16(20)21/h1-6,10,19H,7-9,11,17H2. The highest BCUT2D eigenvalue weighted by Crippen LogP contribution is 2.16. The summed E-state index contributed by atoms with van der Waals surface area (Å²) in [6.45, 7) is 2.36. The van der Waals surface area contributed by atoms with Gasteiger partial charge in [0.05, 0.1) is 18.4 Å². The van der Waals surface area contributed by atoms with E-state index in [-0.39, 0.29) is 6.09 Å². The van der Waals surface area contributed by atoms with Crippen molar-refractivity contribution >= 4 is 17.5 Å². The third-order valence-electron chi connectivity index (χ3n) is 3.60. The van der Waals surface area contributed by atoms with Crippen LogP contribution < -0.4 is 11.1 Å². The number of anilines is 2. The molecule has 0 aliphatic carbocycles. The van der Waals surface area contributed by atoms with Gasteiger partial charge < -0.3 is 20.7 Å². The zero-order valence-electron chi connectivity index (χ0n) is 12.2. The van der Waals surface area contributed by atoms with Crippen molar-refractivity contribution in [2.75, 3.05) is 24.2 Å². The van der Waals surface area contributed by atoms with E-state index in [1.807, 2.05) is 30.3 Å². The van der Waals surface area contributed by atoms with Crippen LogP contribution in [0.25, 0.3) is 0 Å². The van der Waals surface area contributed by atoms with Gasteiger partial charge in [0.25, 0.3) is 0 Å². The van der Waals surface area contributed by atoms with Crippen molar-refractivity contribution in [1.29, 1.82) is 0 Å². The van der Waals surface area contributed by atoms with Crippen molar-refractivity contribution in [1.82, 2.24) is 9.88 Å². The van der Waals surface area contributed by atoms with Crippen molar-refractivity contribution in [2.24, 2.45) is 0 Å². The number of nitrogens with zero attached hydrogens (tertiary/aromatic N) is 2. The molecule has 0 bridgehead atoms. The van der Waals surface area contributed by atoms with E-state index in [4.69, 9.17) is 10.5 Å². The van der Waals surface area contributed by atoms with Gasteiger partial charge in [-0.15, -0.1) is 0 Å². The Morgan fingerprint density at radius 3 is 2.77 bits per heavy atom. The molecule has 3 rings (SSSR count). The van der Waals surface area contributed by atoms with Crippen LogP contribution in [0.2, 0.25) is 0 Å². The number of cyclic esters (lactones) is 1. The number of hydrogen-bond acceptors (Lipinski definition) is 5. The minimum Gasteiger partial charge on any atom is -0.448 e. The fourth-order valence-corrected chi connectivity index (χ4v) is 2.31. The highest BCUT2D eigenvalue weighted by molar-refractivity contribution is 5.69. The fraction of sp³-hybridized carbons (Fsp3) is 0.250. The third-order valence-corrected chi connectivity index (χ3v) is 3.60. The van der Waals surface area contributed by atoms with Crippen LogP contribution in [0.1, 0.15) is 11.1 Å². The average molecular weight is 298 g/mol. The Balaban J connectivity index is 1.57. The second-order valence-electron chi connectivity index (χ2n) is 5.16. The SMILES string of the molecule is Nc1cnccc1CNc1ccc(CN2CCOC2=O)cc1. The minimum atomic E-state index is -0.240. The number of nitrogens with two attached hydrogens (primary N) is 1. The maximum absolute atomic E-state index is 11.4. The predicted molar refractivity (Wildman–Crippen MR) is 84.2 cm³/mol. The van der Waals surface area contributed by atoms with Gasteiger partial charge in [-0.25, -0.2) is 4.79 Å². The predicted octanol–water partition coefficient (Wildman–Crippen LogP) is 2.23. The van der Waals surface area contributed by atoms with Crippen LogP contribution >= 0.6 is 0 Å². The number of carbonyl (C=O) groups is 1. The highest BCUT2D eigenvalue weighted by Gasteiger charge is 2.21. The second kappa shape index (κ2) is 6.34. The van der Waals surface area contributed by atoms with E-state index in [9.17, 15) is 4.79 Å². The normalized spacial score (nSPS) is 14.0. The molecule has 1 amide bonds. The number of nitrogen functional groups attached to an aromatic ring is 1. The molecule has 0 saturated carbocycles. The molecule has 0 radical (unpaired) electrons. The molecule has 22 heavy (non-hydrogen) atoms. The van der Waals surface area contributed by atoms with Crippen molar-refractivity contribution in [3.8, 4) is 0 Å². The Morgan fingerprint density at radius 2 is 2.09 bits per heavy atom. The number of hydrogen-bond donors (Lipinski definition) is 2. The molecule has 1 fully saturated rings. The molecular weight excluding hydrogens is 280 g/mol. The summed E-state index contributed by atoms with van der Waals surface area (Å²) in [4.78, 5) is 17.1. The molecule has 2 heterocycles. The first-order chi connectivity index (χ1) is 10.7. The van der Waals surface area contributed by atoms with E-state index in [0.717, 1.165) is 16.8 Å². The van der Waals surface area contributed by atoms with E-state index in [1.54, 1.807) is 17.3 Å². The summed E-state index contributed by atoms with van der Waals surface area (Å²) in [6, 6.07) is 9.89. The summed E-state index contributed by atoms with van der Waals surface area (Å²) in [5, 5.41) is 3.32. The quantitative estimate of drug-likeness (QED) is 0.884. The summed E-state index contributed by atoms with van der Waals surface area (Å²) in [5.74, 6) is 0. The van der Waals surface area contributed by atoms with E-state index < -0.39 is 0 Å². The van der Waals surface area contributed by atoms with Gasteiger partial charge in [0.15, 0.2) is 0 Å². The fourth-order valence-electron chi connectivity index (χ4n) is 2.31. The smallest absolute Gasteiger partial charge is 0.410 e. The lowest BCUT2D eigenvalue weighted by molar-refractivity contribution is 0.157. The Labute approximate surface area is 128 Å². The Bertz CT molecular complexity index is 657. The molecule has 0 unspecified atom stereocenters.